The zero-order valence-electron chi connectivity index (χ0n) is 13.3. The SMILES string of the molecule is c1cnn(-c2ccc(N3CCN(CCn4nccn4)CC3)nn2)c1. The van der Waals surface area contributed by atoms with Gasteiger partial charge in [-0.25, -0.2) is 4.68 Å². The van der Waals surface area contributed by atoms with Gasteiger partial charge < -0.3 is 4.90 Å². The molecule has 0 aliphatic carbocycles. The minimum Gasteiger partial charge on any atom is -0.353 e. The normalized spacial score (nSPS) is 15.8. The second-order valence-corrected chi connectivity index (χ2v) is 5.65. The summed E-state index contributed by atoms with van der Waals surface area (Å²) in [6.45, 7) is 5.69. The van der Waals surface area contributed by atoms with Crippen molar-refractivity contribution in [1.29, 1.82) is 0 Å². The van der Waals surface area contributed by atoms with E-state index in [0.717, 1.165) is 50.9 Å². The van der Waals surface area contributed by atoms with Gasteiger partial charge >= 0.3 is 0 Å². The van der Waals surface area contributed by atoms with E-state index in [9.17, 15) is 0 Å². The van der Waals surface area contributed by atoms with Gasteiger partial charge in [0.05, 0.1) is 18.9 Å². The van der Waals surface area contributed by atoms with Crippen molar-refractivity contribution in [2.75, 3.05) is 37.6 Å². The molecule has 124 valence electrons. The summed E-state index contributed by atoms with van der Waals surface area (Å²) in [5.41, 5.74) is 0. The van der Waals surface area contributed by atoms with Gasteiger partial charge in [0, 0.05) is 45.1 Å². The van der Waals surface area contributed by atoms with Crippen molar-refractivity contribution >= 4 is 5.82 Å². The predicted octanol–water partition coefficient (Wildman–Crippen LogP) is 0.0760. The molecule has 1 saturated heterocycles. The standard InChI is InChI=1S/C15H19N9/c1-4-16-23(7-1)15-3-2-14(19-20-15)22-11-8-21(9-12-22)10-13-24-17-5-6-18-24/h1-7H,8-13H2. The van der Waals surface area contributed by atoms with Crippen molar-refractivity contribution in [3.63, 3.8) is 0 Å². The number of nitrogens with zero attached hydrogens (tertiary/aromatic N) is 9. The van der Waals surface area contributed by atoms with Crippen molar-refractivity contribution in [2.45, 2.75) is 6.54 Å². The third-order valence-electron chi connectivity index (χ3n) is 4.15. The van der Waals surface area contributed by atoms with Crippen molar-refractivity contribution in [3.8, 4) is 5.82 Å². The average Bonchev–Trinajstić information content (AvgIpc) is 3.34. The highest BCUT2D eigenvalue weighted by atomic mass is 15.5. The van der Waals surface area contributed by atoms with Gasteiger partial charge in [-0.15, -0.1) is 10.2 Å². The van der Waals surface area contributed by atoms with E-state index in [-0.39, 0.29) is 0 Å². The van der Waals surface area contributed by atoms with Crippen LogP contribution in [-0.4, -0.2) is 72.6 Å². The summed E-state index contributed by atoms with van der Waals surface area (Å²) in [6, 6.07) is 5.83. The summed E-state index contributed by atoms with van der Waals surface area (Å²) >= 11 is 0. The Morgan fingerprint density at radius 2 is 1.54 bits per heavy atom. The Morgan fingerprint density at radius 1 is 0.792 bits per heavy atom. The molecule has 9 nitrogen and oxygen atoms in total. The van der Waals surface area contributed by atoms with E-state index in [4.69, 9.17) is 0 Å². The first-order valence-corrected chi connectivity index (χ1v) is 8.04. The lowest BCUT2D eigenvalue weighted by molar-refractivity contribution is 0.239. The zero-order chi connectivity index (χ0) is 16.2. The fourth-order valence-electron chi connectivity index (χ4n) is 2.80. The van der Waals surface area contributed by atoms with Crippen molar-refractivity contribution in [1.82, 2.24) is 39.9 Å². The van der Waals surface area contributed by atoms with Crippen molar-refractivity contribution < 1.29 is 0 Å². The Morgan fingerprint density at radius 3 is 2.21 bits per heavy atom. The van der Waals surface area contributed by atoms with Crippen LogP contribution in [0.2, 0.25) is 0 Å². The Bertz CT molecular complexity index is 728. The maximum absolute atomic E-state index is 4.34. The van der Waals surface area contributed by atoms with Crippen molar-refractivity contribution in [3.05, 3.63) is 43.0 Å². The first-order chi connectivity index (χ1) is 11.9. The van der Waals surface area contributed by atoms with E-state index in [1.54, 1.807) is 28.1 Å². The molecule has 0 radical (unpaired) electrons. The number of anilines is 1. The molecule has 0 spiro atoms. The second kappa shape index (κ2) is 6.75. The molecule has 1 aliphatic rings. The Labute approximate surface area is 139 Å². The molecule has 0 amide bonds. The molecule has 3 aromatic rings. The van der Waals surface area contributed by atoms with Gasteiger partial charge in [0.2, 0.25) is 0 Å². The zero-order valence-corrected chi connectivity index (χ0v) is 13.3. The van der Waals surface area contributed by atoms with Crippen LogP contribution in [0, 0.1) is 0 Å². The molecule has 4 heterocycles. The fourth-order valence-corrected chi connectivity index (χ4v) is 2.80. The van der Waals surface area contributed by atoms with Crippen LogP contribution in [0.5, 0.6) is 0 Å². The first-order valence-electron chi connectivity index (χ1n) is 8.04. The third kappa shape index (κ3) is 3.25. The second-order valence-electron chi connectivity index (χ2n) is 5.65. The maximum atomic E-state index is 4.34. The third-order valence-corrected chi connectivity index (χ3v) is 4.15. The molecular formula is C15H19N9. The number of piperazine rings is 1. The van der Waals surface area contributed by atoms with E-state index in [1.165, 1.54) is 0 Å². The van der Waals surface area contributed by atoms with E-state index >= 15 is 0 Å². The summed E-state index contributed by atoms with van der Waals surface area (Å²) in [6.07, 6.45) is 7.01. The first kappa shape index (κ1) is 14.8. The summed E-state index contributed by atoms with van der Waals surface area (Å²) in [5.74, 6) is 1.65. The molecule has 0 atom stereocenters. The van der Waals surface area contributed by atoms with Gasteiger partial charge in [0.15, 0.2) is 11.6 Å². The van der Waals surface area contributed by atoms with Crippen LogP contribution in [0.3, 0.4) is 0 Å². The van der Waals surface area contributed by atoms with Gasteiger partial charge in [-0.2, -0.15) is 20.1 Å². The number of rotatable bonds is 5. The van der Waals surface area contributed by atoms with Crippen LogP contribution < -0.4 is 4.90 Å². The largest absolute Gasteiger partial charge is 0.353 e. The highest BCUT2D eigenvalue weighted by molar-refractivity contribution is 5.40. The van der Waals surface area contributed by atoms with Gasteiger partial charge in [0.25, 0.3) is 0 Å². The fraction of sp³-hybridized carbons (Fsp3) is 0.400. The van der Waals surface area contributed by atoms with Gasteiger partial charge in [-0.05, 0) is 18.2 Å². The van der Waals surface area contributed by atoms with E-state index in [1.807, 2.05) is 24.4 Å². The number of hydrogen-bond donors (Lipinski definition) is 0. The summed E-state index contributed by atoms with van der Waals surface area (Å²) in [4.78, 5) is 6.42. The van der Waals surface area contributed by atoms with Crippen molar-refractivity contribution in [2.24, 2.45) is 0 Å². The molecule has 1 fully saturated rings. The summed E-state index contributed by atoms with van der Waals surface area (Å²) in [5, 5.41) is 21.0. The molecule has 0 bridgehead atoms. The van der Waals surface area contributed by atoms with Crippen LogP contribution in [0.4, 0.5) is 5.82 Å². The summed E-state index contributed by atoms with van der Waals surface area (Å²) < 4.78 is 1.71. The highest BCUT2D eigenvalue weighted by Crippen LogP contribution is 2.13. The van der Waals surface area contributed by atoms with Crippen LogP contribution in [0.25, 0.3) is 5.82 Å². The topological polar surface area (TPSA) is 80.8 Å². The molecule has 9 heteroatoms. The van der Waals surface area contributed by atoms with Crippen LogP contribution >= 0.6 is 0 Å². The van der Waals surface area contributed by atoms with Gasteiger partial charge in [0.1, 0.15) is 0 Å². The quantitative estimate of drug-likeness (QED) is 0.657. The molecule has 4 rings (SSSR count). The van der Waals surface area contributed by atoms with E-state index in [0.29, 0.717) is 0 Å². The minimum absolute atomic E-state index is 0.731. The lowest BCUT2D eigenvalue weighted by atomic mass is 10.3. The predicted molar refractivity (Wildman–Crippen MR) is 87.8 cm³/mol. The van der Waals surface area contributed by atoms with Gasteiger partial charge in [-0.3, -0.25) is 4.90 Å². The Balaban J connectivity index is 1.30. The van der Waals surface area contributed by atoms with E-state index in [2.05, 4.69) is 35.3 Å². The molecule has 0 unspecified atom stereocenters. The maximum Gasteiger partial charge on any atom is 0.175 e. The summed E-state index contributed by atoms with van der Waals surface area (Å²) in [7, 11) is 0. The molecule has 0 N–H and O–H groups in total. The number of hydrogen-bond acceptors (Lipinski definition) is 7. The van der Waals surface area contributed by atoms with Crippen LogP contribution in [-0.2, 0) is 6.54 Å². The molecule has 1 aliphatic heterocycles. The van der Waals surface area contributed by atoms with E-state index < -0.39 is 0 Å². The lowest BCUT2D eigenvalue weighted by Crippen LogP contribution is -2.47. The molecular weight excluding hydrogens is 306 g/mol. The smallest absolute Gasteiger partial charge is 0.175 e. The Kier molecular flexibility index (Phi) is 4.15. The van der Waals surface area contributed by atoms with Crippen LogP contribution in [0.1, 0.15) is 0 Å². The number of aromatic nitrogens is 7. The lowest BCUT2D eigenvalue weighted by Gasteiger charge is -2.35. The Hall–Kier alpha value is -2.81. The van der Waals surface area contributed by atoms with Gasteiger partial charge in [-0.1, -0.05) is 0 Å². The molecule has 3 aromatic heterocycles. The van der Waals surface area contributed by atoms with Crippen LogP contribution in [0.15, 0.2) is 43.0 Å². The monoisotopic (exact) mass is 325 g/mol. The molecule has 0 saturated carbocycles. The molecule has 0 aromatic carbocycles. The minimum atomic E-state index is 0.731. The molecule has 24 heavy (non-hydrogen) atoms. The highest BCUT2D eigenvalue weighted by Gasteiger charge is 2.18. The average molecular weight is 325 g/mol.